The lowest BCUT2D eigenvalue weighted by Crippen LogP contribution is -2.26. The molecular weight excluding hydrogens is 176 g/mol. The van der Waals surface area contributed by atoms with Crippen LogP contribution in [0.25, 0.3) is 11.9 Å². The Morgan fingerprint density at radius 1 is 1.21 bits per heavy atom. The van der Waals surface area contributed by atoms with E-state index in [4.69, 9.17) is 0 Å². The van der Waals surface area contributed by atoms with Crippen LogP contribution in [0.1, 0.15) is 0 Å². The first-order valence-electron chi connectivity index (χ1n) is 4.46. The van der Waals surface area contributed by atoms with Gasteiger partial charge in [0.05, 0.1) is 6.54 Å². The maximum Gasteiger partial charge on any atom is 0.121 e. The van der Waals surface area contributed by atoms with E-state index < -0.39 is 0 Å². The molecule has 0 aromatic heterocycles. The molecule has 68 valence electrons. The van der Waals surface area contributed by atoms with Gasteiger partial charge in [-0.15, -0.1) is 10.2 Å². The Balaban J connectivity index is 2.49. The van der Waals surface area contributed by atoms with Crippen LogP contribution in [0.15, 0.2) is 39.7 Å². The molecule has 14 heavy (non-hydrogen) atoms. The lowest BCUT2D eigenvalue weighted by molar-refractivity contribution is 1.06. The van der Waals surface area contributed by atoms with Crippen LogP contribution < -0.4 is 15.8 Å². The number of hydrogen-bond donors (Lipinski definition) is 1. The molecule has 0 fully saturated rings. The third-order valence-electron chi connectivity index (χ3n) is 2.33. The summed E-state index contributed by atoms with van der Waals surface area (Å²) in [4.78, 5) is 0. The second-order valence-electron chi connectivity index (χ2n) is 3.20. The van der Waals surface area contributed by atoms with Crippen molar-refractivity contribution in [3.8, 4) is 0 Å². The highest BCUT2D eigenvalue weighted by atomic mass is 15.4. The summed E-state index contributed by atoms with van der Waals surface area (Å²) in [6.07, 6.45) is 1.98. The van der Waals surface area contributed by atoms with E-state index in [1.165, 1.54) is 0 Å². The minimum atomic E-state index is 0.691. The Kier molecular flexibility index (Phi) is 1.47. The van der Waals surface area contributed by atoms with Gasteiger partial charge in [0.25, 0.3) is 0 Å². The second-order valence-corrected chi connectivity index (χ2v) is 3.20. The lowest BCUT2D eigenvalue weighted by Gasteiger charge is -1.95. The van der Waals surface area contributed by atoms with Gasteiger partial charge in [-0.3, -0.25) is 0 Å². The Hall–Kier alpha value is -1.97. The molecule has 1 N–H and O–H groups in total. The molecule has 2 aliphatic rings. The molecule has 0 amide bonds. The SMILES string of the molecule is C1=c2ccccc2=C2N=NN=C2CN1. The summed E-state index contributed by atoms with van der Waals surface area (Å²) in [5, 5.41) is 17.1. The molecule has 0 spiro atoms. The van der Waals surface area contributed by atoms with Gasteiger partial charge < -0.3 is 5.32 Å². The van der Waals surface area contributed by atoms with Gasteiger partial charge in [0.15, 0.2) is 0 Å². The van der Waals surface area contributed by atoms with Crippen LogP contribution in [-0.2, 0) is 0 Å². The van der Waals surface area contributed by atoms with Gasteiger partial charge >= 0.3 is 0 Å². The number of fused-ring (bicyclic) bond motifs is 2. The zero-order valence-corrected chi connectivity index (χ0v) is 7.44. The molecule has 4 heteroatoms. The Morgan fingerprint density at radius 3 is 3.14 bits per heavy atom. The van der Waals surface area contributed by atoms with Gasteiger partial charge in [0.2, 0.25) is 0 Å². The van der Waals surface area contributed by atoms with Crippen molar-refractivity contribution in [3.05, 3.63) is 34.7 Å². The zero-order valence-electron chi connectivity index (χ0n) is 7.44. The molecule has 0 atom stereocenters. The van der Waals surface area contributed by atoms with Crippen molar-refractivity contribution in [2.75, 3.05) is 6.54 Å². The summed E-state index contributed by atoms with van der Waals surface area (Å²) < 4.78 is 0. The standard InChI is InChI=1S/C10H8N4/c1-2-4-8-7(3-1)5-11-6-9-10(8)13-14-12-9/h1-5,11H,6H2. The number of nitrogens with zero attached hydrogens (tertiary/aromatic N) is 3. The van der Waals surface area contributed by atoms with Gasteiger partial charge in [0, 0.05) is 11.4 Å². The van der Waals surface area contributed by atoms with Crippen molar-refractivity contribution >= 4 is 17.6 Å². The summed E-state index contributed by atoms with van der Waals surface area (Å²) in [5.41, 5.74) is 1.80. The lowest BCUT2D eigenvalue weighted by atomic mass is 10.2. The summed E-state index contributed by atoms with van der Waals surface area (Å²) in [5.74, 6) is 0. The van der Waals surface area contributed by atoms with Gasteiger partial charge in [-0.05, 0) is 10.4 Å². The molecule has 4 nitrogen and oxygen atoms in total. The smallest absolute Gasteiger partial charge is 0.121 e. The Bertz CT molecular complexity index is 554. The highest BCUT2D eigenvalue weighted by molar-refractivity contribution is 6.20. The first kappa shape index (κ1) is 7.44. The van der Waals surface area contributed by atoms with E-state index in [-0.39, 0.29) is 0 Å². The molecule has 0 unspecified atom stereocenters. The Morgan fingerprint density at radius 2 is 2.14 bits per heavy atom. The molecule has 2 aliphatic heterocycles. The largest absolute Gasteiger partial charge is 0.385 e. The van der Waals surface area contributed by atoms with Crippen molar-refractivity contribution in [3.63, 3.8) is 0 Å². The first-order valence-corrected chi connectivity index (χ1v) is 4.46. The van der Waals surface area contributed by atoms with Crippen molar-refractivity contribution < 1.29 is 0 Å². The van der Waals surface area contributed by atoms with E-state index in [1.54, 1.807) is 0 Å². The van der Waals surface area contributed by atoms with Crippen molar-refractivity contribution in [2.45, 2.75) is 0 Å². The summed E-state index contributed by atoms with van der Waals surface area (Å²) >= 11 is 0. The summed E-state index contributed by atoms with van der Waals surface area (Å²) in [6.45, 7) is 0.691. The van der Waals surface area contributed by atoms with Gasteiger partial charge in [0.1, 0.15) is 11.4 Å². The van der Waals surface area contributed by atoms with Gasteiger partial charge in [-0.2, -0.15) is 0 Å². The Labute approximate surface area is 80.4 Å². The van der Waals surface area contributed by atoms with E-state index in [9.17, 15) is 0 Å². The van der Waals surface area contributed by atoms with E-state index in [0.717, 1.165) is 21.8 Å². The molecule has 1 aromatic carbocycles. The summed E-state index contributed by atoms with van der Waals surface area (Å²) in [6, 6.07) is 8.09. The van der Waals surface area contributed by atoms with Crippen LogP contribution >= 0.6 is 0 Å². The number of rotatable bonds is 0. The normalized spacial score (nSPS) is 17.4. The van der Waals surface area contributed by atoms with Crippen molar-refractivity contribution in [1.29, 1.82) is 0 Å². The number of benzene rings is 1. The maximum absolute atomic E-state index is 4.04. The predicted octanol–water partition coefficient (Wildman–Crippen LogP) is -0.0422. The first-order chi connectivity index (χ1) is 6.95. The third kappa shape index (κ3) is 0.970. The fraction of sp³-hybridized carbons (Fsp3) is 0.100. The highest BCUT2D eigenvalue weighted by Gasteiger charge is 2.14. The van der Waals surface area contributed by atoms with E-state index >= 15 is 0 Å². The molecule has 0 saturated carbocycles. The maximum atomic E-state index is 4.04. The highest BCUT2D eigenvalue weighted by Crippen LogP contribution is 2.08. The molecule has 0 bridgehead atoms. The monoisotopic (exact) mass is 184 g/mol. The predicted molar refractivity (Wildman–Crippen MR) is 53.9 cm³/mol. The van der Waals surface area contributed by atoms with Gasteiger partial charge in [-0.1, -0.05) is 24.3 Å². The number of hydrogen-bond acceptors (Lipinski definition) is 4. The van der Waals surface area contributed by atoms with Crippen LogP contribution in [0, 0.1) is 0 Å². The van der Waals surface area contributed by atoms with Gasteiger partial charge in [-0.25, -0.2) is 0 Å². The van der Waals surface area contributed by atoms with E-state index in [2.05, 4.69) is 20.8 Å². The average molecular weight is 184 g/mol. The molecule has 3 rings (SSSR count). The van der Waals surface area contributed by atoms with Crippen LogP contribution in [0.2, 0.25) is 0 Å². The topological polar surface area (TPSA) is 49.1 Å². The van der Waals surface area contributed by atoms with Crippen LogP contribution in [0.4, 0.5) is 0 Å². The quantitative estimate of drug-likeness (QED) is 0.604. The molecule has 0 radical (unpaired) electrons. The van der Waals surface area contributed by atoms with Crippen LogP contribution in [0.3, 0.4) is 0 Å². The molecule has 2 heterocycles. The fourth-order valence-electron chi connectivity index (χ4n) is 1.65. The minimum absolute atomic E-state index is 0.691. The third-order valence-corrected chi connectivity index (χ3v) is 2.33. The molecule has 0 aliphatic carbocycles. The van der Waals surface area contributed by atoms with Crippen LogP contribution in [-0.4, -0.2) is 12.3 Å². The fourth-order valence-corrected chi connectivity index (χ4v) is 1.65. The van der Waals surface area contributed by atoms with Crippen molar-refractivity contribution in [2.24, 2.45) is 15.4 Å². The van der Waals surface area contributed by atoms with E-state index in [0.29, 0.717) is 6.54 Å². The van der Waals surface area contributed by atoms with Crippen LogP contribution in [0.5, 0.6) is 0 Å². The average Bonchev–Trinajstić information content (AvgIpc) is 2.61. The number of nitrogens with one attached hydrogen (secondary N) is 1. The minimum Gasteiger partial charge on any atom is -0.385 e. The molecular formula is C10H8N4. The molecule has 0 saturated heterocycles. The van der Waals surface area contributed by atoms with E-state index in [1.807, 2.05) is 30.5 Å². The zero-order chi connectivity index (χ0) is 9.38. The second kappa shape index (κ2) is 2.77. The molecule has 1 aromatic rings. The summed E-state index contributed by atoms with van der Waals surface area (Å²) in [7, 11) is 0. The van der Waals surface area contributed by atoms with Crippen molar-refractivity contribution in [1.82, 2.24) is 5.32 Å².